The number of benzene rings is 2. The molecular weight excluding hydrogens is 370 g/mol. The van der Waals surface area contributed by atoms with E-state index in [1.165, 1.54) is 30.0 Å². The van der Waals surface area contributed by atoms with Crippen LogP contribution in [0.4, 0.5) is 8.78 Å². The van der Waals surface area contributed by atoms with Gasteiger partial charge in [0.25, 0.3) is 0 Å². The zero-order valence-corrected chi connectivity index (χ0v) is 15.5. The van der Waals surface area contributed by atoms with Crippen molar-refractivity contribution in [3.05, 3.63) is 65.7 Å². The van der Waals surface area contributed by atoms with E-state index in [4.69, 9.17) is 0 Å². The van der Waals surface area contributed by atoms with Gasteiger partial charge in [0.1, 0.15) is 11.6 Å². The molecule has 140 valence electrons. The number of thioether (sulfide) groups is 1. The summed E-state index contributed by atoms with van der Waals surface area (Å²) in [6.07, 6.45) is 0. The van der Waals surface area contributed by atoms with Crippen molar-refractivity contribution in [2.24, 2.45) is 0 Å². The quantitative estimate of drug-likeness (QED) is 0.624. The molecule has 0 fully saturated rings. The molecule has 0 bridgehead atoms. The van der Waals surface area contributed by atoms with Gasteiger partial charge in [-0.25, -0.2) is 13.8 Å². The highest BCUT2D eigenvalue weighted by Gasteiger charge is 2.15. The third-order valence-corrected chi connectivity index (χ3v) is 4.75. The number of carbonyl (C=O) groups excluding carboxylic acids is 1. The lowest BCUT2D eigenvalue weighted by molar-refractivity contribution is -0.128. The second-order valence-electron chi connectivity index (χ2n) is 5.77. The van der Waals surface area contributed by atoms with E-state index < -0.39 is 5.82 Å². The highest BCUT2D eigenvalue weighted by Crippen LogP contribution is 2.22. The van der Waals surface area contributed by atoms with Gasteiger partial charge in [0.2, 0.25) is 11.1 Å². The smallest absolute Gasteiger partial charge is 0.233 e. The summed E-state index contributed by atoms with van der Waals surface area (Å²) >= 11 is 1.17. The van der Waals surface area contributed by atoms with Gasteiger partial charge in [0, 0.05) is 13.1 Å². The van der Waals surface area contributed by atoms with Gasteiger partial charge in [-0.2, -0.15) is 0 Å². The highest BCUT2D eigenvalue weighted by atomic mass is 32.2. The second kappa shape index (κ2) is 8.77. The lowest BCUT2D eigenvalue weighted by Gasteiger charge is -2.20. The first-order valence-corrected chi connectivity index (χ1v) is 9.37. The van der Waals surface area contributed by atoms with E-state index in [-0.39, 0.29) is 17.5 Å². The molecule has 27 heavy (non-hydrogen) atoms. The van der Waals surface area contributed by atoms with Crippen LogP contribution < -0.4 is 0 Å². The highest BCUT2D eigenvalue weighted by molar-refractivity contribution is 7.99. The minimum atomic E-state index is -0.395. The monoisotopic (exact) mass is 388 g/mol. The Morgan fingerprint density at radius 1 is 1.19 bits per heavy atom. The first-order valence-electron chi connectivity index (χ1n) is 8.39. The van der Waals surface area contributed by atoms with Gasteiger partial charge in [0.05, 0.1) is 11.3 Å². The molecule has 0 spiro atoms. The van der Waals surface area contributed by atoms with Crippen LogP contribution in [0.2, 0.25) is 0 Å². The van der Waals surface area contributed by atoms with Gasteiger partial charge >= 0.3 is 0 Å². The van der Waals surface area contributed by atoms with Crippen LogP contribution in [-0.2, 0) is 11.3 Å². The number of hydrogen-bond donors (Lipinski definition) is 1. The average Bonchev–Trinajstić information content (AvgIpc) is 3.13. The minimum Gasteiger partial charge on any atom is -0.338 e. The van der Waals surface area contributed by atoms with Crippen molar-refractivity contribution in [1.29, 1.82) is 0 Å². The molecule has 2 aromatic carbocycles. The maximum Gasteiger partial charge on any atom is 0.233 e. The van der Waals surface area contributed by atoms with E-state index in [2.05, 4.69) is 15.2 Å². The maximum absolute atomic E-state index is 13.8. The lowest BCUT2D eigenvalue weighted by Crippen LogP contribution is -2.31. The topological polar surface area (TPSA) is 61.9 Å². The molecule has 0 aliphatic carbocycles. The zero-order valence-electron chi connectivity index (χ0n) is 14.7. The van der Waals surface area contributed by atoms with Gasteiger partial charge in [-0.15, -0.1) is 5.10 Å². The van der Waals surface area contributed by atoms with E-state index in [1.54, 1.807) is 35.2 Å². The van der Waals surface area contributed by atoms with E-state index in [0.29, 0.717) is 29.6 Å². The van der Waals surface area contributed by atoms with Crippen LogP contribution in [0.15, 0.2) is 53.7 Å². The molecule has 0 radical (unpaired) electrons. The largest absolute Gasteiger partial charge is 0.338 e. The predicted octanol–water partition coefficient (Wildman–Crippen LogP) is 3.89. The molecule has 1 heterocycles. The Kier molecular flexibility index (Phi) is 6.18. The Bertz CT molecular complexity index is 931. The van der Waals surface area contributed by atoms with Crippen LogP contribution in [0.5, 0.6) is 0 Å². The molecule has 8 heteroatoms. The molecule has 0 aliphatic heterocycles. The van der Waals surface area contributed by atoms with Crippen LogP contribution in [0.25, 0.3) is 11.4 Å². The van der Waals surface area contributed by atoms with Crippen LogP contribution in [0.3, 0.4) is 0 Å². The van der Waals surface area contributed by atoms with Crippen molar-refractivity contribution in [2.45, 2.75) is 18.6 Å². The van der Waals surface area contributed by atoms with Gasteiger partial charge in [-0.05, 0) is 36.8 Å². The third-order valence-electron chi connectivity index (χ3n) is 3.92. The van der Waals surface area contributed by atoms with Crippen molar-refractivity contribution in [3.8, 4) is 11.4 Å². The molecule has 0 aliphatic rings. The average molecular weight is 388 g/mol. The number of hydrogen-bond acceptors (Lipinski definition) is 4. The molecule has 1 aromatic heterocycles. The van der Waals surface area contributed by atoms with E-state index >= 15 is 0 Å². The van der Waals surface area contributed by atoms with Crippen molar-refractivity contribution < 1.29 is 13.6 Å². The van der Waals surface area contributed by atoms with E-state index in [9.17, 15) is 13.6 Å². The Labute approximate surface area is 159 Å². The summed E-state index contributed by atoms with van der Waals surface area (Å²) < 4.78 is 27.1. The molecule has 0 saturated carbocycles. The SMILES string of the molecule is CCN(Cc1cccc(F)c1)C(=O)CSc1n[nH]c(-c2ccccc2F)n1. The van der Waals surface area contributed by atoms with Crippen LogP contribution in [-0.4, -0.2) is 38.3 Å². The summed E-state index contributed by atoms with van der Waals surface area (Å²) in [7, 11) is 0. The molecule has 1 amide bonds. The zero-order chi connectivity index (χ0) is 19.2. The summed E-state index contributed by atoms with van der Waals surface area (Å²) in [5.41, 5.74) is 1.05. The number of carbonyl (C=O) groups is 1. The summed E-state index contributed by atoms with van der Waals surface area (Å²) in [5, 5.41) is 7.08. The number of aromatic nitrogens is 3. The molecular formula is C19H18F2N4OS. The Morgan fingerprint density at radius 2 is 2.00 bits per heavy atom. The number of aromatic amines is 1. The standard InChI is InChI=1S/C19H18F2N4OS/c1-2-25(11-13-6-5-7-14(20)10-13)17(26)12-27-19-22-18(23-24-19)15-8-3-4-9-16(15)21/h3-10H,2,11-12H2,1H3,(H,22,23,24). The molecule has 0 atom stereocenters. The van der Waals surface area contributed by atoms with Gasteiger partial charge in [0.15, 0.2) is 5.82 Å². The molecule has 3 aromatic rings. The van der Waals surface area contributed by atoms with Crippen molar-refractivity contribution in [3.63, 3.8) is 0 Å². The summed E-state index contributed by atoms with van der Waals surface area (Å²) in [4.78, 5) is 18.3. The normalized spacial score (nSPS) is 10.8. The Morgan fingerprint density at radius 3 is 2.74 bits per heavy atom. The summed E-state index contributed by atoms with van der Waals surface area (Å²) in [6, 6.07) is 12.4. The number of amides is 1. The fraction of sp³-hybridized carbons (Fsp3) is 0.211. The summed E-state index contributed by atoms with van der Waals surface area (Å²) in [5.74, 6) is -0.378. The molecule has 1 N–H and O–H groups in total. The lowest BCUT2D eigenvalue weighted by atomic mass is 10.2. The van der Waals surface area contributed by atoms with Crippen LogP contribution >= 0.6 is 11.8 Å². The number of nitrogens with one attached hydrogen (secondary N) is 1. The first-order chi connectivity index (χ1) is 13.1. The van der Waals surface area contributed by atoms with Gasteiger partial charge in [-0.1, -0.05) is 36.0 Å². The molecule has 0 unspecified atom stereocenters. The van der Waals surface area contributed by atoms with Gasteiger partial charge in [-0.3, -0.25) is 9.89 Å². The van der Waals surface area contributed by atoms with Crippen molar-refractivity contribution in [2.75, 3.05) is 12.3 Å². The number of H-pyrrole nitrogens is 1. The Hall–Kier alpha value is -2.74. The van der Waals surface area contributed by atoms with Crippen molar-refractivity contribution >= 4 is 17.7 Å². The molecule has 5 nitrogen and oxygen atoms in total. The molecule has 0 saturated heterocycles. The predicted molar refractivity (Wildman–Crippen MR) is 100.0 cm³/mol. The van der Waals surface area contributed by atoms with Crippen LogP contribution in [0, 0.1) is 11.6 Å². The summed E-state index contributed by atoms with van der Waals surface area (Å²) in [6.45, 7) is 2.71. The fourth-order valence-electron chi connectivity index (χ4n) is 2.53. The fourth-order valence-corrected chi connectivity index (χ4v) is 3.24. The second-order valence-corrected chi connectivity index (χ2v) is 6.72. The first kappa shape index (κ1) is 19.0. The Balaban J connectivity index is 1.60. The number of halogens is 2. The van der Waals surface area contributed by atoms with E-state index in [1.807, 2.05) is 6.92 Å². The van der Waals surface area contributed by atoms with Gasteiger partial charge < -0.3 is 4.90 Å². The minimum absolute atomic E-state index is 0.107. The number of nitrogens with zero attached hydrogens (tertiary/aromatic N) is 3. The third kappa shape index (κ3) is 4.91. The van der Waals surface area contributed by atoms with E-state index in [0.717, 1.165) is 5.56 Å². The van der Waals surface area contributed by atoms with Crippen LogP contribution in [0.1, 0.15) is 12.5 Å². The number of rotatable bonds is 7. The van der Waals surface area contributed by atoms with Crippen molar-refractivity contribution in [1.82, 2.24) is 20.1 Å². The molecule has 3 rings (SSSR count). The maximum atomic E-state index is 13.8.